The standard InChI is InChI=1S/C22H25N7O5/c23-26-24-13-18(31)28-11-9-27(10-12-28)8-2-4-14-3-1-5-15-19(14)22(34)29(21(15)33)16-6-7-17(30)25-20(16)32/h1,3,5,16H,2,4,6-13H2,(H,25,30,32). The molecule has 2 fully saturated rings. The highest BCUT2D eigenvalue weighted by Gasteiger charge is 2.45. The quantitative estimate of drug-likeness (QED) is 0.266. The largest absolute Gasteiger partial charge is 0.340 e. The molecule has 5 amide bonds. The lowest BCUT2D eigenvalue weighted by molar-refractivity contribution is -0.136. The summed E-state index contributed by atoms with van der Waals surface area (Å²) < 4.78 is 0. The second kappa shape index (κ2) is 10.0. The molecule has 0 aromatic heterocycles. The lowest BCUT2D eigenvalue weighted by atomic mass is 9.99. The van der Waals surface area contributed by atoms with Crippen LogP contribution in [0.25, 0.3) is 10.4 Å². The van der Waals surface area contributed by atoms with Crippen LogP contribution in [-0.2, 0) is 20.8 Å². The molecule has 0 radical (unpaired) electrons. The van der Waals surface area contributed by atoms with E-state index in [2.05, 4.69) is 20.2 Å². The minimum atomic E-state index is -0.976. The second-order valence-electron chi connectivity index (χ2n) is 8.50. The molecule has 0 saturated carbocycles. The Bertz CT molecular complexity index is 1090. The summed E-state index contributed by atoms with van der Waals surface area (Å²) in [6.45, 7) is 3.13. The van der Waals surface area contributed by atoms with Crippen molar-refractivity contribution in [2.24, 2.45) is 5.11 Å². The highest BCUT2D eigenvalue weighted by Crippen LogP contribution is 2.30. The van der Waals surface area contributed by atoms with Gasteiger partial charge in [-0.05, 0) is 43.0 Å². The van der Waals surface area contributed by atoms with E-state index >= 15 is 0 Å². The third-order valence-electron chi connectivity index (χ3n) is 6.47. The molecule has 1 aromatic rings. The SMILES string of the molecule is [N-]=[N+]=NCC(=O)N1CCN(CCCc2cccc3c2C(=O)N(C2CCC(=O)NC2=O)C3=O)CC1. The first kappa shape index (κ1) is 23.4. The molecule has 1 N–H and O–H groups in total. The van der Waals surface area contributed by atoms with E-state index in [1.165, 1.54) is 0 Å². The molecule has 1 aromatic carbocycles. The van der Waals surface area contributed by atoms with Gasteiger partial charge in [0.15, 0.2) is 0 Å². The van der Waals surface area contributed by atoms with E-state index < -0.39 is 29.7 Å². The van der Waals surface area contributed by atoms with Crippen molar-refractivity contribution in [2.45, 2.75) is 31.7 Å². The first-order valence-electron chi connectivity index (χ1n) is 11.2. The fourth-order valence-corrected chi connectivity index (χ4v) is 4.70. The highest BCUT2D eigenvalue weighted by atomic mass is 16.2. The molecule has 12 heteroatoms. The number of fused-ring (bicyclic) bond motifs is 1. The Morgan fingerprint density at radius 3 is 2.59 bits per heavy atom. The molecular formula is C22H25N7O5. The predicted octanol–water partition coefficient (Wildman–Crippen LogP) is 0.475. The third-order valence-corrected chi connectivity index (χ3v) is 6.47. The number of imide groups is 2. The first-order valence-corrected chi connectivity index (χ1v) is 11.2. The van der Waals surface area contributed by atoms with E-state index in [0.717, 1.165) is 23.4 Å². The molecule has 34 heavy (non-hydrogen) atoms. The van der Waals surface area contributed by atoms with E-state index in [9.17, 15) is 24.0 Å². The molecule has 0 aliphatic carbocycles. The molecular weight excluding hydrogens is 442 g/mol. The summed E-state index contributed by atoms with van der Waals surface area (Å²) in [7, 11) is 0. The Labute approximate surface area is 195 Å². The Morgan fingerprint density at radius 2 is 1.88 bits per heavy atom. The van der Waals surface area contributed by atoms with Gasteiger partial charge in [-0.3, -0.25) is 39.1 Å². The van der Waals surface area contributed by atoms with Gasteiger partial charge in [0.2, 0.25) is 17.7 Å². The van der Waals surface area contributed by atoms with Crippen LogP contribution in [0.15, 0.2) is 23.3 Å². The zero-order valence-electron chi connectivity index (χ0n) is 18.6. The number of amides is 5. The normalized spacial score (nSPS) is 20.8. The van der Waals surface area contributed by atoms with Gasteiger partial charge in [-0.2, -0.15) is 0 Å². The van der Waals surface area contributed by atoms with Gasteiger partial charge in [0.05, 0.1) is 11.1 Å². The number of carbonyl (C=O) groups is 5. The lowest BCUT2D eigenvalue weighted by Gasteiger charge is -2.34. The maximum atomic E-state index is 13.2. The lowest BCUT2D eigenvalue weighted by Crippen LogP contribution is -2.54. The number of hydrogen-bond acceptors (Lipinski definition) is 7. The maximum Gasteiger partial charge on any atom is 0.262 e. The van der Waals surface area contributed by atoms with E-state index in [0.29, 0.717) is 43.7 Å². The van der Waals surface area contributed by atoms with Crippen LogP contribution in [0.2, 0.25) is 0 Å². The molecule has 4 rings (SSSR count). The number of benzene rings is 1. The van der Waals surface area contributed by atoms with Crippen molar-refractivity contribution in [1.29, 1.82) is 0 Å². The Hall–Kier alpha value is -3.76. The number of nitrogens with one attached hydrogen (secondary N) is 1. The van der Waals surface area contributed by atoms with Crippen LogP contribution in [0.4, 0.5) is 0 Å². The van der Waals surface area contributed by atoms with Crippen molar-refractivity contribution in [3.8, 4) is 0 Å². The van der Waals surface area contributed by atoms with Gasteiger partial charge in [-0.1, -0.05) is 17.2 Å². The van der Waals surface area contributed by atoms with Crippen LogP contribution in [0.1, 0.15) is 45.5 Å². The molecule has 12 nitrogen and oxygen atoms in total. The van der Waals surface area contributed by atoms with E-state index in [4.69, 9.17) is 5.53 Å². The number of piperazine rings is 1. The zero-order valence-corrected chi connectivity index (χ0v) is 18.6. The van der Waals surface area contributed by atoms with Crippen LogP contribution < -0.4 is 5.32 Å². The summed E-state index contributed by atoms with van der Waals surface area (Å²) in [6.07, 6.45) is 1.55. The molecule has 178 valence electrons. The van der Waals surface area contributed by atoms with Gasteiger partial charge in [0.25, 0.3) is 11.8 Å². The smallest absolute Gasteiger partial charge is 0.262 e. The van der Waals surface area contributed by atoms with Crippen molar-refractivity contribution >= 4 is 29.5 Å². The summed E-state index contributed by atoms with van der Waals surface area (Å²) in [4.78, 5) is 69.2. The summed E-state index contributed by atoms with van der Waals surface area (Å²) in [5.74, 6) is -2.19. The molecule has 0 spiro atoms. The topological polar surface area (TPSA) is 156 Å². The molecule has 1 atom stereocenters. The zero-order chi connectivity index (χ0) is 24.2. The summed E-state index contributed by atoms with van der Waals surface area (Å²) in [5.41, 5.74) is 9.73. The van der Waals surface area contributed by atoms with Crippen molar-refractivity contribution in [3.63, 3.8) is 0 Å². The summed E-state index contributed by atoms with van der Waals surface area (Å²) in [6, 6.07) is 4.18. The van der Waals surface area contributed by atoms with Gasteiger partial charge in [0, 0.05) is 37.5 Å². The average molecular weight is 467 g/mol. The number of carbonyl (C=O) groups excluding carboxylic acids is 5. The minimum Gasteiger partial charge on any atom is -0.340 e. The number of nitrogens with zero attached hydrogens (tertiary/aromatic N) is 6. The molecule has 3 aliphatic rings. The van der Waals surface area contributed by atoms with E-state index in [1.807, 2.05) is 6.07 Å². The van der Waals surface area contributed by atoms with Crippen LogP contribution >= 0.6 is 0 Å². The third kappa shape index (κ3) is 4.63. The fourth-order valence-electron chi connectivity index (χ4n) is 4.70. The second-order valence-corrected chi connectivity index (χ2v) is 8.50. The number of piperidine rings is 1. The number of aryl methyl sites for hydroxylation is 1. The van der Waals surface area contributed by atoms with Crippen molar-refractivity contribution in [3.05, 3.63) is 45.3 Å². The predicted molar refractivity (Wildman–Crippen MR) is 118 cm³/mol. The molecule has 3 heterocycles. The van der Waals surface area contributed by atoms with Crippen molar-refractivity contribution in [1.82, 2.24) is 20.0 Å². The van der Waals surface area contributed by atoms with E-state index in [-0.39, 0.29) is 25.3 Å². The van der Waals surface area contributed by atoms with Gasteiger partial charge in [0.1, 0.15) is 12.6 Å². The van der Waals surface area contributed by atoms with Crippen molar-refractivity contribution < 1.29 is 24.0 Å². The Morgan fingerprint density at radius 1 is 1.12 bits per heavy atom. The van der Waals surface area contributed by atoms with Crippen LogP contribution in [0, 0.1) is 0 Å². The summed E-state index contributed by atoms with van der Waals surface area (Å²) in [5, 5.41) is 5.52. The van der Waals surface area contributed by atoms with Gasteiger partial charge in [-0.15, -0.1) is 0 Å². The van der Waals surface area contributed by atoms with Gasteiger partial charge >= 0.3 is 0 Å². The van der Waals surface area contributed by atoms with Crippen molar-refractivity contribution in [2.75, 3.05) is 39.3 Å². The molecule has 1 unspecified atom stereocenters. The van der Waals surface area contributed by atoms with Crippen LogP contribution in [0.3, 0.4) is 0 Å². The highest BCUT2D eigenvalue weighted by molar-refractivity contribution is 6.24. The van der Waals surface area contributed by atoms with Gasteiger partial charge in [-0.25, -0.2) is 0 Å². The minimum absolute atomic E-state index is 0.0844. The number of hydrogen-bond donors (Lipinski definition) is 1. The Balaban J connectivity index is 1.35. The van der Waals surface area contributed by atoms with Gasteiger partial charge < -0.3 is 4.90 Å². The number of rotatable bonds is 7. The molecule has 2 saturated heterocycles. The average Bonchev–Trinajstić information content (AvgIpc) is 3.09. The monoisotopic (exact) mass is 467 g/mol. The molecule has 3 aliphatic heterocycles. The van der Waals surface area contributed by atoms with Crippen LogP contribution in [-0.4, -0.2) is 89.5 Å². The fraction of sp³-hybridized carbons (Fsp3) is 0.500. The molecule has 0 bridgehead atoms. The Kier molecular flexibility index (Phi) is 6.90. The summed E-state index contributed by atoms with van der Waals surface area (Å²) >= 11 is 0. The number of azide groups is 1. The van der Waals surface area contributed by atoms with E-state index in [1.54, 1.807) is 17.0 Å². The maximum absolute atomic E-state index is 13.2. The first-order chi connectivity index (χ1) is 16.4. The van der Waals surface area contributed by atoms with Crippen LogP contribution in [0.5, 0.6) is 0 Å².